The van der Waals surface area contributed by atoms with E-state index in [2.05, 4.69) is 37.3 Å². The summed E-state index contributed by atoms with van der Waals surface area (Å²) in [4.78, 5) is 2.58. The summed E-state index contributed by atoms with van der Waals surface area (Å²) >= 11 is 0. The zero-order valence-corrected chi connectivity index (χ0v) is 14.0. The first-order chi connectivity index (χ1) is 10.0. The maximum atomic E-state index is 6.22. The van der Waals surface area contributed by atoms with Gasteiger partial charge in [0.15, 0.2) is 0 Å². The Morgan fingerprint density at radius 2 is 2.10 bits per heavy atom. The highest BCUT2D eigenvalue weighted by Crippen LogP contribution is 2.40. The van der Waals surface area contributed by atoms with Gasteiger partial charge >= 0.3 is 0 Å². The minimum Gasteiger partial charge on any atom is -0.369 e. The molecule has 0 unspecified atom stereocenters. The number of nitrogens with zero attached hydrogens (tertiary/aromatic N) is 3. The third-order valence-electron chi connectivity index (χ3n) is 5.09. The number of hydrogen-bond donors (Lipinski definition) is 0. The van der Waals surface area contributed by atoms with Crippen LogP contribution >= 0.6 is 0 Å². The van der Waals surface area contributed by atoms with Crippen LogP contribution in [0, 0.1) is 13.8 Å². The summed E-state index contributed by atoms with van der Waals surface area (Å²) in [6.07, 6.45) is 5.29. The van der Waals surface area contributed by atoms with Crippen LogP contribution in [0.25, 0.3) is 0 Å². The van der Waals surface area contributed by atoms with Gasteiger partial charge in [-0.3, -0.25) is 9.58 Å². The van der Waals surface area contributed by atoms with Gasteiger partial charge in [-0.05, 0) is 46.5 Å². The van der Waals surface area contributed by atoms with Gasteiger partial charge in [-0.25, -0.2) is 0 Å². The number of morpholine rings is 1. The number of rotatable bonds is 4. The first kappa shape index (κ1) is 15.0. The number of aromatic nitrogens is 2. The van der Waals surface area contributed by atoms with Gasteiger partial charge in [-0.2, -0.15) is 5.10 Å². The van der Waals surface area contributed by atoms with Gasteiger partial charge in [0.25, 0.3) is 0 Å². The van der Waals surface area contributed by atoms with Crippen molar-refractivity contribution in [3.05, 3.63) is 17.0 Å². The van der Waals surface area contributed by atoms with Crippen LogP contribution in [-0.4, -0.2) is 39.5 Å². The molecule has 0 amide bonds. The van der Waals surface area contributed by atoms with Crippen LogP contribution < -0.4 is 0 Å². The smallest absolute Gasteiger partial charge is 0.0813 e. The number of ether oxygens (including phenoxy) is 1. The van der Waals surface area contributed by atoms with Crippen molar-refractivity contribution in [1.82, 2.24) is 14.7 Å². The van der Waals surface area contributed by atoms with Gasteiger partial charge in [-0.15, -0.1) is 0 Å². The van der Waals surface area contributed by atoms with Crippen LogP contribution in [-0.2, 0) is 17.8 Å². The maximum Gasteiger partial charge on any atom is 0.0813 e. The quantitative estimate of drug-likeness (QED) is 0.854. The fraction of sp³-hybridized carbons (Fsp3) is 0.824. The Morgan fingerprint density at radius 1 is 1.33 bits per heavy atom. The minimum atomic E-state index is 0.166. The zero-order valence-electron chi connectivity index (χ0n) is 14.0. The highest BCUT2D eigenvalue weighted by molar-refractivity contribution is 5.24. The molecule has 0 aromatic carbocycles. The lowest BCUT2D eigenvalue weighted by Gasteiger charge is -2.50. The molecule has 0 radical (unpaired) electrons. The number of hydrogen-bond acceptors (Lipinski definition) is 3. The first-order valence-electron chi connectivity index (χ1n) is 8.46. The third kappa shape index (κ3) is 2.88. The molecule has 4 nitrogen and oxygen atoms in total. The van der Waals surface area contributed by atoms with Crippen LogP contribution in [0.1, 0.15) is 56.5 Å². The monoisotopic (exact) mass is 291 g/mol. The first-order valence-corrected chi connectivity index (χ1v) is 8.46. The molecule has 2 fully saturated rings. The third-order valence-corrected chi connectivity index (χ3v) is 5.09. The minimum absolute atomic E-state index is 0.166. The summed E-state index contributed by atoms with van der Waals surface area (Å²) in [6, 6.07) is 0. The maximum absolute atomic E-state index is 6.22. The number of aryl methyl sites for hydroxylation is 2. The molecule has 1 aromatic rings. The van der Waals surface area contributed by atoms with E-state index in [0.29, 0.717) is 6.10 Å². The molecule has 1 aliphatic carbocycles. The molecule has 1 saturated carbocycles. The Bertz CT molecular complexity index is 504. The van der Waals surface area contributed by atoms with Crippen molar-refractivity contribution in [3.63, 3.8) is 0 Å². The molecule has 3 rings (SSSR count). The molecule has 2 aliphatic rings. The standard InChI is InChI=1S/C17H29N3O/c1-5-9-20-15(4)16(14(3)18-20)11-19-10-13(2)21-17(12-19)7-6-8-17/h13H,5-12H2,1-4H3/t13-/m0/s1. The molecule has 4 heteroatoms. The Kier molecular flexibility index (Phi) is 4.10. The summed E-state index contributed by atoms with van der Waals surface area (Å²) < 4.78 is 8.39. The second-order valence-electron chi connectivity index (χ2n) is 7.01. The fourth-order valence-electron chi connectivity index (χ4n) is 3.92. The van der Waals surface area contributed by atoms with Gasteiger partial charge < -0.3 is 4.74 Å². The highest BCUT2D eigenvalue weighted by atomic mass is 16.5. The van der Waals surface area contributed by atoms with E-state index >= 15 is 0 Å². The van der Waals surface area contributed by atoms with Crippen LogP contribution in [0.5, 0.6) is 0 Å². The van der Waals surface area contributed by atoms with E-state index in [-0.39, 0.29) is 5.60 Å². The van der Waals surface area contributed by atoms with E-state index in [4.69, 9.17) is 9.84 Å². The molecule has 0 N–H and O–H groups in total. The molecule has 21 heavy (non-hydrogen) atoms. The SMILES string of the molecule is CCCn1nc(C)c(CN2C[C@H](C)OC3(CCC3)C2)c1C. The second-order valence-corrected chi connectivity index (χ2v) is 7.01. The van der Waals surface area contributed by atoms with Crippen LogP contribution in [0.4, 0.5) is 0 Å². The average molecular weight is 291 g/mol. The fourth-order valence-corrected chi connectivity index (χ4v) is 3.92. The molecule has 1 spiro atoms. The van der Waals surface area contributed by atoms with E-state index in [0.717, 1.165) is 32.6 Å². The van der Waals surface area contributed by atoms with Gasteiger partial charge in [-0.1, -0.05) is 6.92 Å². The van der Waals surface area contributed by atoms with E-state index in [1.807, 2.05) is 0 Å². The summed E-state index contributed by atoms with van der Waals surface area (Å²) in [7, 11) is 0. The predicted octanol–water partition coefficient (Wildman–Crippen LogP) is 3.05. The van der Waals surface area contributed by atoms with Gasteiger partial charge in [0, 0.05) is 37.4 Å². The second kappa shape index (κ2) is 5.73. The molecule has 118 valence electrons. The molecular weight excluding hydrogens is 262 g/mol. The largest absolute Gasteiger partial charge is 0.369 e. The lowest BCUT2D eigenvalue weighted by molar-refractivity contribution is -0.186. The van der Waals surface area contributed by atoms with E-state index in [1.54, 1.807) is 0 Å². The lowest BCUT2D eigenvalue weighted by Crippen LogP contribution is -2.57. The molecule has 0 bridgehead atoms. The normalized spacial score (nSPS) is 25.2. The Hall–Kier alpha value is -0.870. The van der Waals surface area contributed by atoms with Crippen molar-refractivity contribution < 1.29 is 4.74 Å². The molecule has 1 atom stereocenters. The Labute approximate surface area is 128 Å². The van der Waals surface area contributed by atoms with E-state index in [9.17, 15) is 0 Å². The topological polar surface area (TPSA) is 30.3 Å². The van der Waals surface area contributed by atoms with Crippen molar-refractivity contribution in [2.45, 2.75) is 78.2 Å². The Morgan fingerprint density at radius 3 is 2.71 bits per heavy atom. The van der Waals surface area contributed by atoms with Crippen molar-refractivity contribution in [3.8, 4) is 0 Å². The molecule has 1 saturated heterocycles. The molecule has 1 aliphatic heterocycles. The van der Waals surface area contributed by atoms with Crippen LogP contribution in [0.3, 0.4) is 0 Å². The van der Waals surface area contributed by atoms with Crippen molar-refractivity contribution in [2.75, 3.05) is 13.1 Å². The summed E-state index contributed by atoms with van der Waals surface area (Å²) in [5.41, 5.74) is 4.13. The lowest BCUT2D eigenvalue weighted by atomic mass is 9.78. The average Bonchev–Trinajstić information content (AvgIpc) is 2.65. The van der Waals surface area contributed by atoms with Gasteiger partial charge in [0.2, 0.25) is 0 Å². The summed E-state index contributed by atoms with van der Waals surface area (Å²) in [5, 5.41) is 4.71. The molecular formula is C17H29N3O. The van der Waals surface area contributed by atoms with Crippen molar-refractivity contribution in [1.29, 1.82) is 0 Å². The highest BCUT2D eigenvalue weighted by Gasteiger charge is 2.44. The predicted molar refractivity (Wildman–Crippen MR) is 84.4 cm³/mol. The van der Waals surface area contributed by atoms with E-state index < -0.39 is 0 Å². The van der Waals surface area contributed by atoms with Crippen LogP contribution in [0.2, 0.25) is 0 Å². The van der Waals surface area contributed by atoms with Crippen molar-refractivity contribution >= 4 is 0 Å². The Balaban J connectivity index is 1.74. The summed E-state index contributed by atoms with van der Waals surface area (Å²) in [5.74, 6) is 0. The van der Waals surface area contributed by atoms with Crippen LogP contribution in [0.15, 0.2) is 0 Å². The molecule has 1 aromatic heterocycles. The van der Waals surface area contributed by atoms with E-state index in [1.165, 1.54) is 36.2 Å². The van der Waals surface area contributed by atoms with Gasteiger partial charge in [0.05, 0.1) is 17.4 Å². The summed E-state index contributed by atoms with van der Waals surface area (Å²) in [6.45, 7) is 13.0. The molecule has 2 heterocycles. The zero-order chi connectivity index (χ0) is 15.0. The van der Waals surface area contributed by atoms with Crippen molar-refractivity contribution in [2.24, 2.45) is 0 Å². The van der Waals surface area contributed by atoms with Gasteiger partial charge in [0.1, 0.15) is 0 Å².